The second-order valence-electron chi connectivity index (χ2n) is 6.24. The lowest BCUT2D eigenvalue weighted by molar-refractivity contribution is -0.387. The Balaban J connectivity index is 1.72. The zero-order chi connectivity index (χ0) is 19.6. The lowest BCUT2D eigenvalue weighted by atomic mass is 10.2. The monoisotopic (exact) mass is 395 g/mol. The van der Waals surface area contributed by atoms with Gasteiger partial charge < -0.3 is 4.52 Å². The van der Waals surface area contributed by atoms with Gasteiger partial charge in [0.1, 0.15) is 0 Å². The molecule has 1 aliphatic rings. The van der Waals surface area contributed by atoms with Gasteiger partial charge in [0, 0.05) is 38.7 Å². The first kappa shape index (κ1) is 19.4. The van der Waals surface area contributed by atoms with Crippen molar-refractivity contribution in [2.24, 2.45) is 0 Å². The van der Waals surface area contributed by atoms with Gasteiger partial charge in [-0.05, 0) is 13.0 Å². The lowest BCUT2D eigenvalue weighted by Gasteiger charge is -2.35. The summed E-state index contributed by atoms with van der Waals surface area (Å²) in [6, 6.07) is 5.28. The van der Waals surface area contributed by atoms with E-state index in [1.54, 1.807) is 0 Å². The average Bonchev–Trinajstić information content (AvgIpc) is 3.16. The Morgan fingerprint density at radius 2 is 1.93 bits per heavy atom. The second kappa shape index (κ2) is 7.71. The third-order valence-electron chi connectivity index (χ3n) is 4.66. The summed E-state index contributed by atoms with van der Waals surface area (Å²) in [7, 11) is -3.94. The van der Waals surface area contributed by atoms with Crippen LogP contribution in [0, 0.1) is 10.1 Å². The molecule has 11 heteroatoms. The van der Waals surface area contributed by atoms with Crippen molar-refractivity contribution in [3.8, 4) is 0 Å². The molecule has 0 bridgehead atoms. The van der Waals surface area contributed by atoms with E-state index in [0.717, 1.165) is 0 Å². The number of nitro benzene ring substituents is 1. The number of para-hydroxylation sites is 1. The lowest BCUT2D eigenvalue weighted by Crippen LogP contribution is -2.49. The number of nitrogens with zero attached hydrogens (tertiary/aromatic N) is 5. The normalized spacial score (nSPS) is 17.7. The summed E-state index contributed by atoms with van der Waals surface area (Å²) in [5.74, 6) is 1.14. The highest BCUT2D eigenvalue weighted by Gasteiger charge is 2.35. The van der Waals surface area contributed by atoms with Crippen molar-refractivity contribution in [2.75, 3.05) is 26.2 Å². The molecular formula is C16H21N5O5S. The van der Waals surface area contributed by atoms with Crippen LogP contribution in [0.3, 0.4) is 0 Å². The van der Waals surface area contributed by atoms with Crippen LogP contribution in [-0.4, -0.2) is 58.9 Å². The molecule has 0 aliphatic carbocycles. The van der Waals surface area contributed by atoms with Gasteiger partial charge in [0.2, 0.25) is 15.9 Å². The van der Waals surface area contributed by atoms with Crippen LogP contribution < -0.4 is 0 Å². The van der Waals surface area contributed by atoms with E-state index in [9.17, 15) is 18.5 Å². The van der Waals surface area contributed by atoms with E-state index >= 15 is 0 Å². The summed E-state index contributed by atoms with van der Waals surface area (Å²) in [6.07, 6.45) is 0.679. The number of rotatable bonds is 6. The first-order valence-corrected chi connectivity index (χ1v) is 10.1. The Labute approximate surface area is 157 Å². The van der Waals surface area contributed by atoms with Gasteiger partial charge in [-0.3, -0.25) is 15.0 Å². The Kier molecular flexibility index (Phi) is 5.53. The summed E-state index contributed by atoms with van der Waals surface area (Å²) in [5, 5.41) is 15.1. The predicted molar refractivity (Wildman–Crippen MR) is 95.5 cm³/mol. The maximum atomic E-state index is 12.9. The summed E-state index contributed by atoms with van der Waals surface area (Å²) in [5.41, 5.74) is -0.411. The number of aryl methyl sites for hydroxylation is 1. The molecule has 1 aromatic heterocycles. The summed E-state index contributed by atoms with van der Waals surface area (Å²) >= 11 is 0. The molecule has 1 saturated heterocycles. The van der Waals surface area contributed by atoms with Crippen LogP contribution in [0.25, 0.3) is 0 Å². The fourth-order valence-electron chi connectivity index (χ4n) is 3.03. The fourth-order valence-corrected chi connectivity index (χ4v) is 4.61. The predicted octanol–water partition coefficient (Wildman–Crippen LogP) is 1.61. The van der Waals surface area contributed by atoms with Gasteiger partial charge in [0.05, 0.1) is 11.0 Å². The highest BCUT2D eigenvalue weighted by atomic mass is 32.2. The molecule has 27 heavy (non-hydrogen) atoms. The Hall–Kier alpha value is -2.37. The molecule has 0 radical (unpaired) electrons. The van der Waals surface area contributed by atoms with Gasteiger partial charge >= 0.3 is 0 Å². The molecule has 0 N–H and O–H groups in total. The molecule has 0 spiro atoms. The van der Waals surface area contributed by atoms with E-state index in [-0.39, 0.29) is 24.0 Å². The molecule has 0 amide bonds. The molecule has 146 valence electrons. The Bertz CT molecular complexity index is 921. The van der Waals surface area contributed by atoms with E-state index < -0.39 is 20.6 Å². The number of sulfonamides is 1. The fraction of sp³-hybridized carbons (Fsp3) is 0.500. The molecule has 1 aliphatic heterocycles. The maximum absolute atomic E-state index is 12.9. The third kappa shape index (κ3) is 3.84. The maximum Gasteiger partial charge on any atom is 0.289 e. The molecule has 1 atom stereocenters. The zero-order valence-corrected chi connectivity index (χ0v) is 15.9. The molecule has 0 unspecified atom stereocenters. The average molecular weight is 395 g/mol. The zero-order valence-electron chi connectivity index (χ0n) is 15.1. The van der Waals surface area contributed by atoms with Crippen molar-refractivity contribution in [1.29, 1.82) is 0 Å². The van der Waals surface area contributed by atoms with Crippen LogP contribution in [0.15, 0.2) is 33.7 Å². The first-order chi connectivity index (χ1) is 12.8. The third-order valence-corrected chi connectivity index (χ3v) is 6.60. The topological polar surface area (TPSA) is 123 Å². The van der Waals surface area contributed by atoms with Crippen LogP contribution in [0.2, 0.25) is 0 Å². The molecule has 2 heterocycles. The molecule has 0 saturated carbocycles. The quantitative estimate of drug-likeness (QED) is 0.534. The van der Waals surface area contributed by atoms with E-state index in [1.165, 1.54) is 28.6 Å². The van der Waals surface area contributed by atoms with Crippen LogP contribution in [-0.2, 0) is 16.4 Å². The van der Waals surface area contributed by atoms with Crippen LogP contribution in [0.4, 0.5) is 5.69 Å². The van der Waals surface area contributed by atoms with E-state index in [4.69, 9.17) is 4.52 Å². The molecular weight excluding hydrogens is 374 g/mol. The smallest absolute Gasteiger partial charge is 0.289 e. The van der Waals surface area contributed by atoms with Crippen molar-refractivity contribution in [3.63, 3.8) is 0 Å². The second-order valence-corrected chi connectivity index (χ2v) is 8.15. The van der Waals surface area contributed by atoms with E-state index in [1.807, 2.05) is 13.8 Å². The number of hydrogen-bond acceptors (Lipinski definition) is 8. The standard InChI is InChI=1S/C16H21N5O5S/c1-3-15-17-16(26-18-15)12(2)19-8-10-20(11-9-19)27(24,25)14-7-5-4-6-13(14)21(22)23/h4-7,12H,3,8-11H2,1-2H3/t12-/m0/s1. The molecule has 2 aromatic rings. The first-order valence-electron chi connectivity index (χ1n) is 8.64. The van der Waals surface area contributed by atoms with Gasteiger partial charge in [-0.1, -0.05) is 24.2 Å². The van der Waals surface area contributed by atoms with Gasteiger partial charge in [-0.2, -0.15) is 9.29 Å². The number of piperazine rings is 1. The van der Waals surface area contributed by atoms with Crippen LogP contribution in [0.1, 0.15) is 31.6 Å². The molecule has 1 aromatic carbocycles. The number of benzene rings is 1. The van der Waals surface area contributed by atoms with E-state index in [0.29, 0.717) is 31.2 Å². The minimum Gasteiger partial charge on any atom is -0.338 e. The van der Waals surface area contributed by atoms with E-state index in [2.05, 4.69) is 15.0 Å². The van der Waals surface area contributed by atoms with Gasteiger partial charge in [0.15, 0.2) is 10.7 Å². The number of aromatic nitrogens is 2. The largest absolute Gasteiger partial charge is 0.338 e. The van der Waals surface area contributed by atoms with Crippen LogP contribution >= 0.6 is 0 Å². The van der Waals surface area contributed by atoms with Crippen molar-refractivity contribution in [1.82, 2.24) is 19.3 Å². The Morgan fingerprint density at radius 3 is 2.52 bits per heavy atom. The SMILES string of the molecule is CCc1noc([C@H](C)N2CCN(S(=O)(=O)c3ccccc3[N+](=O)[O-])CC2)n1. The van der Waals surface area contributed by atoms with Crippen molar-refractivity contribution >= 4 is 15.7 Å². The van der Waals surface area contributed by atoms with Crippen molar-refractivity contribution in [3.05, 3.63) is 46.1 Å². The Morgan fingerprint density at radius 1 is 1.26 bits per heavy atom. The minimum atomic E-state index is -3.94. The summed E-state index contributed by atoms with van der Waals surface area (Å²) in [6.45, 7) is 5.25. The summed E-state index contributed by atoms with van der Waals surface area (Å²) < 4.78 is 32.3. The highest BCUT2D eigenvalue weighted by Crippen LogP contribution is 2.28. The minimum absolute atomic E-state index is 0.131. The van der Waals surface area contributed by atoms with Crippen LogP contribution in [0.5, 0.6) is 0 Å². The van der Waals surface area contributed by atoms with Gasteiger partial charge in [0.25, 0.3) is 5.69 Å². The molecule has 1 fully saturated rings. The molecule has 3 rings (SSSR count). The van der Waals surface area contributed by atoms with Gasteiger partial charge in [-0.15, -0.1) is 0 Å². The van der Waals surface area contributed by atoms with Gasteiger partial charge in [-0.25, -0.2) is 8.42 Å². The number of hydrogen-bond donors (Lipinski definition) is 0. The number of nitro groups is 1. The molecule has 10 nitrogen and oxygen atoms in total. The van der Waals surface area contributed by atoms with Crippen molar-refractivity contribution < 1.29 is 17.9 Å². The van der Waals surface area contributed by atoms with Crippen molar-refractivity contribution in [2.45, 2.75) is 31.2 Å². The summed E-state index contributed by atoms with van der Waals surface area (Å²) in [4.78, 5) is 16.6. The highest BCUT2D eigenvalue weighted by molar-refractivity contribution is 7.89.